The van der Waals surface area contributed by atoms with Crippen LogP contribution in [0.4, 0.5) is 5.82 Å². The monoisotopic (exact) mass is 439 g/mol. The molecule has 0 bridgehead atoms. The maximum Gasteiger partial charge on any atom is 0.227 e. The van der Waals surface area contributed by atoms with Gasteiger partial charge in [-0.1, -0.05) is 35.9 Å². The number of nitrogen functional groups attached to an aromatic ring is 1. The molecule has 0 saturated carbocycles. The summed E-state index contributed by atoms with van der Waals surface area (Å²) in [6, 6.07) is 15.9. The highest BCUT2D eigenvalue weighted by Gasteiger charge is 2.18. The van der Waals surface area contributed by atoms with Crippen molar-refractivity contribution < 1.29 is 4.79 Å². The van der Waals surface area contributed by atoms with Crippen molar-refractivity contribution in [1.29, 1.82) is 0 Å². The van der Waals surface area contributed by atoms with Crippen LogP contribution in [0.5, 0.6) is 0 Å². The average Bonchev–Trinajstić information content (AvgIpc) is 3.48. The van der Waals surface area contributed by atoms with Crippen LogP contribution in [0.1, 0.15) is 23.9 Å². The third-order valence-electron chi connectivity index (χ3n) is 5.81. The van der Waals surface area contributed by atoms with E-state index in [0.29, 0.717) is 36.7 Å². The second-order valence-electron chi connectivity index (χ2n) is 8.17. The van der Waals surface area contributed by atoms with Crippen molar-refractivity contribution in [3.63, 3.8) is 0 Å². The van der Waals surface area contributed by atoms with Gasteiger partial charge in [-0.2, -0.15) is 5.10 Å². The molecule has 4 N–H and O–H groups in total. The molecule has 0 spiro atoms. The molecule has 0 radical (unpaired) electrons. The zero-order valence-corrected chi connectivity index (χ0v) is 18.6. The number of pyridine rings is 1. The summed E-state index contributed by atoms with van der Waals surface area (Å²) < 4.78 is 0. The molecule has 0 unspecified atom stereocenters. The number of hydrogen-bond acceptors (Lipinski definition) is 5. The number of aromatic amines is 2. The fourth-order valence-electron chi connectivity index (χ4n) is 4.14. The number of amides is 1. The van der Waals surface area contributed by atoms with E-state index in [1.54, 1.807) is 11.1 Å². The highest BCUT2D eigenvalue weighted by Crippen LogP contribution is 2.29. The largest absolute Gasteiger partial charge is 0.382 e. The second-order valence-corrected chi connectivity index (χ2v) is 8.17. The minimum atomic E-state index is 0.0585. The molecule has 0 fully saturated rings. The molecule has 33 heavy (non-hydrogen) atoms. The third kappa shape index (κ3) is 4.03. The molecule has 1 amide bonds. The smallest absolute Gasteiger partial charge is 0.227 e. The van der Waals surface area contributed by atoms with Crippen LogP contribution in [0.3, 0.4) is 0 Å². The summed E-state index contributed by atoms with van der Waals surface area (Å²) in [7, 11) is 0. The molecule has 5 rings (SSSR count). The van der Waals surface area contributed by atoms with Gasteiger partial charge in [0, 0.05) is 23.7 Å². The molecule has 0 atom stereocenters. The highest BCUT2D eigenvalue weighted by atomic mass is 16.2. The summed E-state index contributed by atoms with van der Waals surface area (Å²) in [6.45, 7) is 4.96. The van der Waals surface area contributed by atoms with Crippen LogP contribution in [0.25, 0.3) is 33.2 Å². The molecular formula is C25H25N7O. The number of benzene rings is 2. The van der Waals surface area contributed by atoms with E-state index in [1.807, 2.05) is 62.4 Å². The lowest BCUT2D eigenvalue weighted by molar-refractivity contribution is -0.131. The highest BCUT2D eigenvalue weighted by molar-refractivity contribution is 6.07. The SMILES string of the molecule is CCN(Cc1nc2c(N)nc3cc(-c4cc[nH]n4)ccc3c2[nH]1)C(=O)Cc1cccc(C)c1. The van der Waals surface area contributed by atoms with Crippen molar-refractivity contribution in [3.8, 4) is 11.3 Å². The van der Waals surface area contributed by atoms with Crippen molar-refractivity contribution in [2.45, 2.75) is 26.8 Å². The predicted molar refractivity (Wildman–Crippen MR) is 129 cm³/mol. The third-order valence-corrected chi connectivity index (χ3v) is 5.81. The van der Waals surface area contributed by atoms with Crippen LogP contribution >= 0.6 is 0 Å². The molecule has 5 aromatic rings. The molecule has 8 heteroatoms. The van der Waals surface area contributed by atoms with E-state index in [2.05, 4.69) is 25.1 Å². The van der Waals surface area contributed by atoms with E-state index < -0.39 is 0 Å². The van der Waals surface area contributed by atoms with Gasteiger partial charge in [0.25, 0.3) is 0 Å². The van der Waals surface area contributed by atoms with Gasteiger partial charge >= 0.3 is 0 Å². The Kier molecular flexibility index (Phi) is 5.26. The number of nitrogens with two attached hydrogens (primary N) is 1. The number of likely N-dealkylation sites (N-methyl/N-ethyl adjacent to an activating group) is 1. The molecule has 0 aliphatic heterocycles. The Bertz CT molecular complexity index is 1450. The number of H-pyrrole nitrogens is 2. The fourth-order valence-corrected chi connectivity index (χ4v) is 4.14. The maximum atomic E-state index is 12.9. The van der Waals surface area contributed by atoms with E-state index >= 15 is 0 Å². The molecule has 0 aliphatic rings. The van der Waals surface area contributed by atoms with Crippen molar-refractivity contribution in [3.05, 3.63) is 71.7 Å². The number of fused-ring (bicyclic) bond motifs is 3. The van der Waals surface area contributed by atoms with E-state index in [-0.39, 0.29) is 5.91 Å². The van der Waals surface area contributed by atoms with Crippen LogP contribution < -0.4 is 5.73 Å². The van der Waals surface area contributed by atoms with Gasteiger partial charge in [-0.15, -0.1) is 0 Å². The van der Waals surface area contributed by atoms with Crippen molar-refractivity contribution in [2.75, 3.05) is 12.3 Å². The average molecular weight is 440 g/mol. The van der Waals surface area contributed by atoms with Crippen molar-refractivity contribution >= 4 is 33.7 Å². The van der Waals surface area contributed by atoms with Crippen LogP contribution in [-0.2, 0) is 17.8 Å². The van der Waals surface area contributed by atoms with Gasteiger partial charge in [0.05, 0.1) is 29.7 Å². The molecule has 2 aromatic carbocycles. The Morgan fingerprint density at radius 2 is 2.00 bits per heavy atom. The first-order valence-corrected chi connectivity index (χ1v) is 10.9. The number of imidazole rings is 1. The van der Waals surface area contributed by atoms with Crippen LogP contribution in [-0.4, -0.2) is 42.5 Å². The van der Waals surface area contributed by atoms with Crippen molar-refractivity contribution in [1.82, 2.24) is 30.0 Å². The number of nitrogens with one attached hydrogen (secondary N) is 2. The number of rotatable bonds is 6. The Balaban J connectivity index is 1.44. The number of aromatic nitrogens is 5. The first-order chi connectivity index (χ1) is 16.0. The van der Waals surface area contributed by atoms with E-state index in [9.17, 15) is 4.79 Å². The summed E-state index contributed by atoms with van der Waals surface area (Å²) in [4.78, 5) is 27.3. The van der Waals surface area contributed by atoms with Gasteiger partial charge in [0.2, 0.25) is 5.91 Å². The van der Waals surface area contributed by atoms with Gasteiger partial charge < -0.3 is 15.6 Å². The van der Waals surface area contributed by atoms with Crippen LogP contribution in [0.15, 0.2) is 54.7 Å². The van der Waals surface area contributed by atoms with Gasteiger partial charge in [0.1, 0.15) is 11.3 Å². The number of nitrogens with zero attached hydrogens (tertiary/aromatic N) is 4. The number of hydrogen-bond donors (Lipinski definition) is 3. The van der Waals surface area contributed by atoms with Gasteiger partial charge in [0.15, 0.2) is 5.82 Å². The molecule has 0 aliphatic carbocycles. The Hall–Kier alpha value is -4.20. The fraction of sp³-hybridized carbons (Fsp3) is 0.200. The Morgan fingerprint density at radius 3 is 2.76 bits per heavy atom. The molecule has 3 heterocycles. The minimum absolute atomic E-state index is 0.0585. The lowest BCUT2D eigenvalue weighted by Gasteiger charge is -2.19. The lowest BCUT2D eigenvalue weighted by Crippen LogP contribution is -2.32. The summed E-state index contributed by atoms with van der Waals surface area (Å²) in [5.74, 6) is 1.10. The molecule has 3 aromatic heterocycles. The number of carbonyl (C=O) groups is 1. The van der Waals surface area contributed by atoms with E-state index in [4.69, 9.17) is 5.73 Å². The van der Waals surface area contributed by atoms with Crippen LogP contribution in [0, 0.1) is 6.92 Å². The number of aryl methyl sites for hydroxylation is 1. The maximum absolute atomic E-state index is 12.9. The topological polar surface area (TPSA) is 117 Å². The standard InChI is InChI=1S/C25H25N7O/c1-3-32(22(33)12-16-6-4-5-15(2)11-16)14-21-29-23-18-8-7-17(19-9-10-27-31-19)13-20(18)28-25(26)24(23)30-21/h4-11,13H,3,12,14H2,1-2H3,(H2,26,28)(H,27,31)(H,29,30). The molecule has 8 nitrogen and oxygen atoms in total. The van der Waals surface area contributed by atoms with Crippen LogP contribution in [0.2, 0.25) is 0 Å². The van der Waals surface area contributed by atoms with E-state index in [0.717, 1.165) is 38.8 Å². The van der Waals surface area contributed by atoms with Gasteiger partial charge in [-0.3, -0.25) is 9.89 Å². The lowest BCUT2D eigenvalue weighted by atomic mass is 10.1. The van der Waals surface area contributed by atoms with Crippen molar-refractivity contribution in [2.24, 2.45) is 0 Å². The molecule has 0 saturated heterocycles. The predicted octanol–water partition coefficient (Wildman–Crippen LogP) is 3.98. The molecule has 166 valence electrons. The first kappa shape index (κ1) is 20.7. The van der Waals surface area contributed by atoms with Gasteiger partial charge in [-0.25, -0.2) is 9.97 Å². The second kappa shape index (κ2) is 8.38. The number of carbonyl (C=O) groups excluding carboxylic acids is 1. The summed E-state index contributed by atoms with van der Waals surface area (Å²) in [5, 5.41) is 7.98. The minimum Gasteiger partial charge on any atom is -0.382 e. The zero-order valence-electron chi connectivity index (χ0n) is 18.6. The Morgan fingerprint density at radius 1 is 1.12 bits per heavy atom. The normalized spacial score (nSPS) is 11.3. The molecular weight excluding hydrogens is 414 g/mol. The van der Waals surface area contributed by atoms with Gasteiger partial charge in [-0.05, 0) is 37.6 Å². The summed E-state index contributed by atoms with van der Waals surface area (Å²) >= 11 is 0. The quantitative estimate of drug-likeness (QED) is 0.370. The summed E-state index contributed by atoms with van der Waals surface area (Å²) in [6.07, 6.45) is 2.14. The first-order valence-electron chi connectivity index (χ1n) is 10.9. The zero-order chi connectivity index (χ0) is 22.9. The van der Waals surface area contributed by atoms with E-state index in [1.165, 1.54) is 0 Å². The number of anilines is 1. The Labute approximate surface area is 190 Å². The summed E-state index contributed by atoms with van der Waals surface area (Å²) in [5.41, 5.74) is 12.4.